The van der Waals surface area contributed by atoms with Gasteiger partial charge in [-0.05, 0) is 63.1 Å². The molecule has 8 heteroatoms. The minimum atomic E-state index is -3.66. The predicted octanol–water partition coefficient (Wildman–Crippen LogP) is 4.17. The highest BCUT2D eigenvalue weighted by molar-refractivity contribution is 7.89. The molecule has 156 valence electrons. The van der Waals surface area contributed by atoms with Gasteiger partial charge in [-0.15, -0.1) is 0 Å². The molecule has 0 spiro atoms. The number of carbonyl (C=O) groups excluding carboxylic acids is 1. The third-order valence-corrected chi connectivity index (χ3v) is 7.17. The summed E-state index contributed by atoms with van der Waals surface area (Å²) in [5, 5.41) is 3.11. The maximum Gasteiger partial charge on any atom is 0.244 e. The van der Waals surface area contributed by atoms with Gasteiger partial charge in [0.15, 0.2) is 0 Å². The lowest BCUT2D eigenvalue weighted by atomic mass is 9.97. The van der Waals surface area contributed by atoms with Crippen LogP contribution in [0.15, 0.2) is 53.4 Å². The highest BCUT2D eigenvalue weighted by Crippen LogP contribution is 2.28. The van der Waals surface area contributed by atoms with Crippen molar-refractivity contribution in [3.8, 4) is 5.75 Å². The van der Waals surface area contributed by atoms with Gasteiger partial charge < -0.3 is 10.1 Å². The molecular weight excluding hydrogens is 412 g/mol. The van der Waals surface area contributed by atoms with Crippen molar-refractivity contribution in [2.75, 3.05) is 18.4 Å². The topological polar surface area (TPSA) is 75.7 Å². The molecule has 0 unspecified atom stereocenters. The predicted molar refractivity (Wildman–Crippen MR) is 114 cm³/mol. The monoisotopic (exact) mass is 436 g/mol. The van der Waals surface area contributed by atoms with Crippen LogP contribution < -0.4 is 10.1 Å². The normalized spacial score (nSPS) is 16.0. The first-order valence-electron chi connectivity index (χ1n) is 9.59. The van der Waals surface area contributed by atoms with E-state index < -0.39 is 10.0 Å². The number of nitrogens with one attached hydrogen (secondary N) is 1. The smallest absolute Gasteiger partial charge is 0.244 e. The second kappa shape index (κ2) is 9.15. The van der Waals surface area contributed by atoms with Crippen LogP contribution in [-0.4, -0.2) is 37.8 Å². The number of anilines is 1. The highest BCUT2D eigenvalue weighted by atomic mass is 35.5. The van der Waals surface area contributed by atoms with Crippen LogP contribution in [0.1, 0.15) is 26.7 Å². The number of rotatable bonds is 6. The Kier molecular flexibility index (Phi) is 6.82. The number of piperidine rings is 1. The Labute approximate surface area is 176 Å². The molecule has 0 radical (unpaired) electrons. The van der Waals surface area contributed by atoms with E-state index in [4.69, 9.17) is 16.3 Å². The van der Waals surface area contributed by atoms with E-state index in [-0.39, 0.29) is 40.9 Å². The molecular formula is C21H25ClN2O4S. The second-order valence-corrected chi connectivity index (χ2v) is 9.60. The van der Waals surface area contributed by atoms with Crippen molar-refractivity contribution in [1.82, 2.24) is 4.31 Å². The summed E-state index contributed by atoms with van der Waals surface area (Å²) >= 11 is 6.06. The van der Waals surface area contributed by atoms with Gasteiger partial charge in [0.2, 0.25) is 15.9 Å². The molecule has 1 aliphatic rings. The van der Waals surface area contributed by atoms with Crippen molar-refractivity contribution in [3.63, 3.8) is 0 Å². The zero-order valence-corrected chi connectivity index (χ0v) is 18.0. The van der Waals surface area contributed by atoms with Crippen LogP contribution in [0.5, 0.6) is 5.75 Å². The van der Waals surface area contributed by atoms with Gasteiger partial charge in [-0.25, -0.2) is 8.42 Å². The molecule has 0 aliphatic carbocycles. The number of hydrogen-bond donors (Lipinski definition) is 1. The van der Waals surface area contributed by atoms with Crippen LogP contribution in [0.25, 0.3) is 0 Å². The van der Waals surface area contributed by atoms with E-state index in [1.165, 1.54) is 10.4 Å². The van der Waals surface area contributed by atoms with Crippen LogP contribution in [0, 0.1) is 5.92 Å². The van der Waals surface area contributed by atoms with Gasteiger partial charge in [0.05, 0.1) is 11.1 Å². The van der Waals surface area contributed by atoms with E-state index in [1.807, 2.05) is 26.0 Å². The van der Waals surface area contributed by atoms with Crippen LogP contribution in [0.2, 0.25) is 5.02 Å². The molecule has 0 saturated carbocycles. The molecule has 0 atom stereocenters. The molecule has 1 saturated heterocycles. The van der Waals surface area contributed by atoms with E-state index in [9.17, 15) is 13.2 Å². The Balaban J connectivity index is 1.57. The van der Waals surface area contributed by atoms with E-state index >= 15 is 0 Å². The van der Waals surface area contributed by atoms with Crippen LogP contribution in [0.3, 0.4) is 0 Å². The molecule has 1 aliphatic heterocycles. The number of carbonyl (C=O) groups is 1. The quantitative estimate of drug-likeness (QED) is 0.737. The van der Waals surface area contributed by atoms with Crippen molar-refractivity contribution in [1.29, 1.82) is 0 Å². The summed E-state index contributed by atoms with van der Waals surface area (Å²) in [5.41, 5.74) is 0.692. The maximum atomic E-state index is 12.8. The Bertz CT molecular complexity index is 953. The zero-order valence-electron chi connectivity index (χ0n) is 16.5. The summed E-state index contributed by atoms with van der Waals surface area (Å²) in [6.45, 7) is 4.47. The molecule has 2 aromatic rings. The van der Waals surface area contributed by atoms with Crippen molar-refractivity contribution in [3.05, 3.63) is 53.6 Å². The highest BCUT2D eigenvalue weighted by Gasteiger charge is 2.33. The molecule has 1 amide bonds. The first kappa shape index (κ1) is 21.6. The summed E-state index contributed by atoms with van der Waals surface area (Å²) in [6, 6.07) is 13.6. The summed E-state index contributed by atoms with van der Waals surface area (Å²) in [4.78, 5) is 12.7. The summed E-state index contributed by atoms with van der Waals surface area (Å²) in [6.07, 6.45) is 1.01. The van der Waals surface area contributed by atoms with Gasteiger partial charge in [-0.3, -0.25) is 4.79 Å². The molecule has 1 fully saturated rings. The minimum Gasteiger partial charge on any atom is -0.491 e. The Hall–Kier alpha value is -2.09. The maximum absolute atomic E-state index is 12.8. The lowest BCUT2D eigenvalue weighted by Crippen LogP contribution is -2.41. The summed E-state index contributed by atoms with van der Waals surface area (Å²) in [7, 11) is -3.66. The number of amides is 1. The van der Waals surface area contributed by atoms with Crippen molar-refractivity contribution in [2.45, 2.75) is 37.7 Å². The van der Waals surface area contributed by atoms with E-state index in [2.05, 4.69) is 5.32 Å². The van der Waals surface area contributed by atoms with Gasteiger partial charge >= 0.3 is 0 Å². The number of benzene rings is 2. The average molecular weight is 437 g/mol. The fourth-order valence-corrected chi connectivity index (χ4v) is 5.25. The molecule has 2 aromatic carbocycles. The van der Waals surface area contributed by atoms with Crippen LogP contribution in [0.4, 0.5) is 5.69 Å². The fourth-order valence-electron chi connectivity index (χ4n) is 3.28. The summed E-state index contributed by atoms with van der Waals surface area (Å²) in [5.74, 6) is 0.410. The largest absolute Gasteiger partial charge is 0.491 e. The molecule has 1 N–H and O–H groups in total. The third-order valence-electron chi connectivity index (χ3n) is 4.77. The standard InChI is InChI=1S/C21H25ClN2O4S/c1-15(2)28-18-9-7-17(8-10-18)23-21(25)16-11-13-24(14-12-16)29(26,27)20-6-4-3-5-19(20)22/h3-10,15-16H,11-14H2,1-2H3,(H,23,25). The van der Waals surface area contributed by atoms with Crippen LogP contribution in [-0.2, 0) is 14.8 Å². The number of nitrogens with zero attached hydrogens (tertiary/aromatic N) is 1. The first-order chi connectivity index (χ1) is 13.8. The lowest BCUT2D eigenvalue weighted by Gasteiger charge is -2.30. The van der Waals surface area contributed by atoms with Crippen LogP contribution >= 0.6 is 11.6 Å². The fraction of sp³-hybridized carbons (Fsp3) is 0.381. The van der Waals surface area contributed by atoms with Crippen molar-refractivity contribution in [2.24, 2.45) is 5.92 Å². The number of ether oxygens (including phenoxy) is 1. The summed E-state index contributed by atoms with van der Waals surface area (Å²) < 4.78 is 32.6. The molecule has 0 aromatic heterocycles. The lowest BCUT2D eigenvalue weighted by molar-refractivity contribution is -0.120. The molecule has 6 nitrogen and oxygen atoms in total. The first-order valence-corrected chi connectivity index (χ1v) is 11.4. The second-order valence-electron chi connectivity index (χ2n) is 7.29. The van der Waals surface area contributed by atoms with Gasteiger partial charge in [0.25, 0.3) is 0 Å². The SMILES string of the molecule is CC(C)Oc1ccc(NC(=O)C2CCN(S(=O)(=O)c3ccccc3Cl)CC2)cc1. The van der Waals surface area contributed by atoms with Gasteiger partial charge in [-0.2, -0.15) is 4.31 Å². The van der Waals surface area contributed by atoms with E-state index in [0.29, 0.717) is 18.5 Å². The molecule has 0 bridgehead atoms. The van der Waals surface area contributed by atoms with E-state index in [1.54, 1.807) is 30.3 Å². The van der Waals surface area contributed by atoms with Gasteiger partial charge in [0, 0.05) is 24.7 Å². The van der Waals surface area contributed by atoms with Crippen molar-refractivity contribution < 1.29 is 17.9 Å². The van der Waals surface area contributed by atoms with E-state index in [0.717, 1.165) is 5.75 Å². The zero-order chi connectivity index (χ0) is 21.0. The molecule has 1 heterocycles. The number of sulfonamides is 1. The molecule has 3 rings (SSSR count). The Morgan fingerprint density at radius 3 is 2.31 bits per heavy atom. The number of halogens is 1. The number of hydrogen-bond acceptors (Lipinski definition) is 4. The average Bonchev–Trinajstić information content (AvgIpc) is 2.69. The minimum absolute atomic E-state index is 0.0858. The Morgan fingerprint density at radius 2 is 1.72 bits per heavy atom. The Morgan fingerprint density at radius 1 is 1.10 bits per heavy atom. The van der Waals surface area contributed by atoms with Crippen molar-refractivity contribution >= 4 is 33.2 Å². The van der Waals surface area contributed by atoms with Gasteiger partial charge in [-0.1, -0.05) is 23.7 Å². The van der Waals surface area contributed by atoms with Gasteiger partial charge in [0.1, 0.15) is 10.6 Å². The molecule has 29 heavy (non-hydrogen) atoms. The third kappa shape index (κ3) is 5.29.